The quantitative estimate of drug-likeness (QED) is 0.656. The van der Waals surface area contributed by atoms with Crippen molar-refractivity contribution < 1.29 is 4.42 Å². The van der Waals surface area contributed by atoms with Crippen molar-refractivity contribution in [2.75, 3.05) is 0 Å². The van der Waals surface area contributed by atoms with Gasteiger partial charge in [-0.1, -0.05) is 47.0 Å². The molecule has 0 spiro atoms. The second kappa shape index (κ2) is 9.26. The lowest BCUT2D eigenvalue weighted by molar-refractivity contribution is 0.356. The lowest BCUT2D eigenvalue weighted by Gasteiger charge is -2.17. The molecular weight excluding hydrogens is 210 g/mol. The summed E-state index contributed by atoms with van der Waals surface area (Å²) in [5.74, 6) is 2.57. The third kappa shape index (κ3) is 4.93. The molecular formula is C15H29NO. The van der Waals surface area contributed by atoms with Gasteiger partial charge in [0.05, 0.1) is 5.69 Å². The molecule has 0 bridgehead atoms. The number of aryl methyl sites for hydroxylation is 2. The molecule has 1 aliphatic carbocycles. The van der Waals surface area contributed by atoms with Gasteiger partial charge in [0.25, 0.3) is 0 Å². The zero-order valence-corrected chi connectivity index (χ0v) is 12.5. The molecule has 2 heteroatoms. The Morgan fingerprint density at radius 2 is 1.47 bits per heavy atom. The maximum absolute atomic E-state index is 5.64. The van der Waals surface area contributed by atoms with Crippen LogP contribution in [0.1, 0.15) is 83.1 Å². The average molecular weight is 239 g/mol. The van der Waals surface area contributed by atoms with Gasteiger partial charge >= 0.3 is 0 Å². The summed E-state index contributed by atoms with van der Waals surface area (Å²) >= 11 is 0. The molecule has 0 N–H and O–H groups in total. The maximum Gasteiger partial charge on any atom is 0.197 e. The zero-order chi connectivity index (χ0) is 13.3. The summed E-state index contributed by atoms with van der Waals surface area (Å²) in [7, 11) is 0. The predicted octanol–water partition coefficient (Wildman–Crippen LogP) is 5.39. The summed E-state index contributed by atoms with van der Waals surface area (Å²) in [6, 6.07) is 0. The third-order valence-corrected chi connectivity index (χ3v) is 3.00. The van der Waals surface area contributed by atoms with Crippen LogP contribution in [0.15, 0.2) is 4.42 Å². The molecule has 1 aromatic rings. The molecule has 1 saturated carbocycles. The van der Waals surface area contributed by atoms with E-state index in [1.54, 1.807) is 0 Å². The molecule has 17 heavy (non-hydrogen) atoms. The fourth-order valence-corrected chi connectivity index (χ4v) is 2.02. The number of rotatable bonds is 1. The summed E-state index contributed by atoms with van der Waals surface area (Å²) in [6.45, 7) is 12.0. The lowest BCUT2D eigenvalue weighted by Crippen LogP contribution is -2.04. The first kappa shape index (κ1) is 16.2. The molecule has 0 unspecified atom stereocenters. The largest absolute Gasteiger partial charge is 0.445 e. The van der Waals surface area contributed by atoms with Gasteiger partial charge in [-0.25, -0.2) is 4.98 Å². The number of hydrogen-bond donors (Lipinski definition) is 0. The van der Waals surface area contributed by atoms with Crippen LogP contribution in [0.2, 0.25) is 0 Å². The third-order valence-electron chi connectivity index (χ3n) is 3.00. The molecule has 2 rings (SSSR count). The Kier molecular flexibility index (Phi) is 8.83. The number of oxazole rings is 1. The molecule has 0 atom stereocenters. The van der Waals surface area contributed by atoms with Crippen LogP contribution in [0.4, 0.5) is 0 Å². The molecule has 0 aliphatic heterocycles. The van der Waals surface area contributed by atoms with E-state index in [9.17, 15) is 0 Å². The summed E-state index contributed by atoms with van der Waals surface area (Å²) < 4.78 is 5.64. The first-order chi connectivity index (χ1) is 8.27. The average Bonchev–Trinajstić information content (AvgIpc) is 2.76. The van der Waals surface area contributed by atoms with Crippen LogP contribution >= 0.6 is 0 Å². The van der Waals surface area contributed by atoms with Crippen molar-refractivity contribution in [2.24, 2.45) is 0 Å². The van der Waals surface area contributed by atoms with Crippen molar-refractivity contribution in [3.8, 4) is 0 Å². The van der Waals surface area contributed by atoms with Crippen molar-refractivity contribution in [3.63, 3.8) is 0 Å². The number of nitrogens with zero attached hydrogens (tertiary/aromatic N) is 1. The normalized spacial score (nSPS) is 15.4. The van der Waals surface area contributed by atoms with E-state index in [1.165, 1.54) is 32.1 Å². The molecule has 1 aromatic heterocycles. The first-order valence-corrected chi connectivity index (χ1v) is 7.21. The summed E-state index contributed by atoms with van der Waals surface area (Å²) in [4.78, 5) is 4.47. The SMILES string of the molecule is CC.CC.Cc1nc(C2CCCCC2)oc1C. The van der Waals surface area contributed by atoms with Crippen LogP contribution < -0.4 is 0 Å². The molecule has 1 aliphatic rings. The maximum atomic E-state index is 5.64. The minimum atomic E-state index is 0.598. The van der Waals surface area contributed by atoms with Crippen molar-refractivity contribution >= 4 is 0 Å². The van der Waals surface area contributed by atoms with Gasteiger partial charge in [-0.2, -0.15) is 0 Å². The summed E-state index contributed by atoms with van der Waals surface area (Å²) in [5.41, 5.74) is 1.06. The highest BCUT2D eigenvalue weighted by molar-refractivity contribution is 5.08. The van der Waals surface area contributed by atoms with Gasteiger partial charge in [0.1, 0.15) is 5.76 Å². The van der Waals surface area contributed by atoms with Crippen LogP contribution in [0.3, 0.4) is 0 Å². The topological polar surface area (TPSA) is 26.0 Å². The van der Waals surface area contributed by atoms with Crippen LogP contribution in [-0.4, -0.2) is 4.98 Å². The van der Waals surface area contributed by atoms with Crippen LogP contribution in [0.25, 0.3) is 0 Å². The fraction of sp³-hybridized carbons (Fsp3) is 0.800. The molecule has 100 valence electrons. The van der Waals surface area contributed by atoms with Crippen molar-refractivity contribution in [1.29, 1.82) is 0 Å². The Morgan fingerprint density at radius 3 is 1.88 bits per heavy atom. The second-order valence-electron chi connectivity index (χ2n) is 4.03. The van der Waals surface area contributed by atoms with Crippen LogP contribution in [0, 0.1) is 13.8 Å². The van der Waals surface area contributed by atoms with Gasteiger partial charge in [-0.05, 0) is 26.7 Å². The zero-order valence-electron chi connectivity index (χ0n) is 12.5. The van der Waals surface area contributed by atoms with E-state index in [0.717, 1.165) is 17.3 Å². The minimum absolute atomic E-state index is 0.598. The van der Waals surface area contributed by atoms with E-state index in [2.05, 4.69) is 4.98 Å². The Labute approximate surface area is 107 Å². The highest BCUT2D eigenvalue weighted by atomic mass is 16.4. The van der Waals surface area contributed by atoms with Gasteiger partial charge in [-0.3, -0.25) is 0 Å². The smallest absolute Gasteiger partial charge is 0.197 e. The molecule has 2 nitrogen and oxygen atoms in total. The number of aromatic nitrogens is 1. The van der Waals surface area contributed by atoms with E-state index in [-0.39, 0.29) is 0 Å². The van der Waals surface area contributed by atoms with E-state index in [1.807, 2.05) is 41.5 Å². The summed E-state index contributed by atoms with van der Waals surface area (Å²) in [6.07, 6.45) is 6.59. The predicted molar refractivity (Wildman–Crippen MR) is 74.5 cm³/mol. The highest BCUT2D eigenvalue weighted by Gasteiger charge is 2.20. The van der Waals surface area contributed by atoms with Crippen LogP contribution in [0.5, 0.6) is 0 Å². The molecule has 0 amide bonds. The van der Waals surface area contributed by atoms with E-state index < -0.39 is 0 Å². The van der Waals surface area contributed by atoms with Gasteiger partial charge < -0.3 is 4.42 Å². The Balaban J connectivity index is 0.000000581. The fourth-order valence-electron chi connectivity index (χ4n) is 2.02. The molecule has 1 heterocycles. The van der Waals surface area contributed by atoms with Gasteiger partial charge in [0, 0.05) is 5.92 Å². The van der Waals surface area contributed by atoms with E-state index in [4.69, 9.17) is 4.42 Å². The van der Waals surface area contributed by atoms with Gasteiger partial charge in [-0.15, -0.1) is 0 Å². The Bertz CT molecular complexity index is 266. The van der Waals surface area contributed by atoms with Crippen molar-refractivity contribution in [2.45, 2.75) is 79.6 Å². The standard InChI is InChI=1S/C11H17NO.2C2H6/c1-8-9(2)13-11(12-8)10-6-4-3-5-7-10;2*1-2/h10H,3-7H2,1-2H3;2*1-2H3. The molecule has 0 radical (unpaired) electrons. The molecule has 1 fully saturated rings. The minimum Gasteiger partial charge on any atom is -0.445 e. The second-order valence-corrected chi connectivity index (χ2v) is 4.03. The lowest BCUT2D eigenvalue weighted by atomic mass is 9.89. The molecule has 0 saturated heterocycles. The van der Waals surface area contributed by atoms with E-state index in [0.29, 0.717) is 5.92 Å². The Hall–Kier alpha value is -0.790. The van der Waals surface area contributed by atoms with Gasteiger partial charge in [0.2, 0.25) is 0 Å². The van der Waals surface area contributed by atoms with Crippen molar-refractivity contribution in [3.05, 3.63) is 17.3 Å². The number of hydrogen-bond acceptors (Lipinski definition) is 2. The monoisotopic (exact) mass is 239 g/mol. The Morgan fingerprint density at radius 1 is 0.941 bits per heavy atom. The van der Waals surface area contributed by atoms with E-state index >= 15 is 0 Å². The van der Waals surface area contributed by atoms with Crippen molar-refractivity contribution in [1.82, 2.24) is 4.98 Å². The van der Waals surface area contributed by atoms with Gasteiger partial charge in [0.15, 0.2) is 5.89 Å². The molecule has 0 aromatic carbocycles. The summed E-state index contributed by atoms with van der Waals surface area (Å²) in [5, 5.41) is 0. The first-order valence-electron chi connectivity index (χ1n) is 7.21. The van der Waals surface area contributed by atoms with Crippen LogP contribution in [-0.2, 0) is 0 Å². The highest BCUT2D eigenvalue weighted by Crippen LogP contribution is 2.32.